The van der Waals surface area contributed by atoms with Crippen molar-refractivity contribution >= 4 is 23.4 Å². The van der Waals surface area contributed by atoms with Crippen LogP contribution in [0.4, 0.5) is 5.69 Å². The van der Waals surface area contributed by atoms with Gasteiger partial charge in [0.1, 0.15) is 5.69 Å². The van der Waals surface area contributed by atoms with Crippen LogP contribution in [0.25, 0.3) is 0 Å². The highest BCUT2D eigenvalue weighted by atomic mass is 32.2. The van der Waals surface area contributed by atoms with Crippen LogP contribution in [0.3, 0.4) is 0 Å². The summed E-state index contributed by atoms with van der Waals surface area (Å²) in [6, 6.07) is 0. The number of carbonyl (C=O) groups is 1. The van der Waals surface area contributed by atoms with Crippen molar-refractivity contribution in [2.24, 2.45) is 7.05 Å². The molecule has 0 saturated carbocycles. The maximum atomic E-state index is 10.9. The maximum absolute atomic E-state index is 10.9. The van der Waals surface area contributed by atoms with Crippen LogP contribution in [-0.2, 0) is 18.3 Å². The Bertz CT molecular complexity index is 444. The van der Waals surface area contributed by atoms with Gasteiger partial charge in [0, 0.05) is 12.8 Å². The standard InChI is InChI=1S/C9H13N3O4S/c1-3-6-8(12(15)16)9(11(2)10-6)17-5-4-7(13)14/h3-5H2,1-2H3,(H,13,14). The van der Waals surface area contributed by atoms with Gasteiger partial charge in [-0.2, -0.15) is 5.10 Å². The van der Waals surface area contributed by atoms with E-state index in [0.717, 1.165) is 11.8 Å². The first-order chi connectivity index (χ1) is 7.97. The molecular weight excluding hydrogens is 246 g/mol. The molecule has 1 heterocycles. The third-order valence-corrected chi connectivity index (χ3v) is 3.25. The van der Waals surface area contributed by atoms with Gasteiger partial charge in [-0.25, -0.2) is 0 Å². The number of thioether (sulfide) groups is 1. The van der Waals surface area contributed by atoms with E-state index in [0.29, 0.717) is 22.9 Å². The number of nitrogens with zero attached hydrogens (tertiary/aromatic N) is 3. The number of hydrogen-bond donors (Lipinski definition) is 1. The first-order valence-electron chi connectivity index (χ1n) is 5.02. The minimum absolute atomic E-state index is 0.00890. The summed E-state index contributed by atoms with van der Waals surface area (Å²) < 4.78 is 1.43. The second-order valence-electron chi connectivity index (χ2n) is 3.33. The Kier molecular flexibility index (Phi) is 4.50. The second kappa shape index (κ2) is 5.67. The summed E-state index contributed by atoms with van der Waals surface area (Å²) in [5.74, 6) is -0.628. The highest BCUT2D eigenvalue weighted by Crippen LogP contribution is 2.32. The van der Waals surface area contributed by atoms with Crippen LogP contribution in [0.5, 0.6) is 0 Å². The molecule has 0 aliphatic heterocycles. The molecule has 0 bridgehead atoms. The molecule has 0 unspecified atom stereocenters. The average molecular weight is 259 g/mol. The van der Waals surface area contributed by atoms with Crippen molar-refractivity contribution in [1.82, 2.24) is 9.78 Å². The van der Waals surface area contributed by atoms with Crippen molar-refractivity contribution < 1.29 is 14.8 Å². The van der Waals surface area contributed by atoms with Crippen molar-refractivity contribution in [3.05, 3.63) is 15.8 Å². The molecule has 1 aromatic rings. The van der Waals surface area contributed by atoms with Gasteiger partial charge in [0.05, 0.1) is 11.3 Å². The molecule has 17 heavy (non-hydrogen) atoms. The minimum Gasteiger partial charge on any atom is -0.481 e. The molecule has 8 heteroatoms. The molecule has 0 saturated heterocycles. The lowest BCUT2D eigenvalue weighted by atomic mass is 10.3. The van der Waals surface area contributed by atoms with E-state index in [2.05, 4.69) is 5.10 Å². The van der Waals surface area contributed by atoms with Crippen molar-refractivity contribution in [2.75, 3.05) is 5.75 Å². The number of rotatable bonds is 6. The van der Waals surface area contributed by atoms with Crippen LogP contribution in [-0.4, -0.2) is 31.5 Å². The molecule has 0 aromatic carbocycles. The normalized spacial score (nSPS) is 10.5. The fourth-order valence-electron chi connectivity index (χ4n) is 1.37. The Balaban J connectivity index is 2.93. The molecule has 7 nitrogen and oxygen atoms in total. The number of aryl methyl sites for hydroxylation is 2. The van der Waals surface area contributed by atoms with Crippen LogP contribution in [0.15, 0.2) is 5.03 Å². The predicted molar refractivity (Wildman–Crippen MR) is 62.2 cm³/mol. The third kappa shape index (κ3) is 3.19. The SMILES string of the molecule is CCc1nn(C)c(SCCC(=O)O)c1[N+](=O)[O-]. The van der Waals surface area contributed by atoms with E-state index < -0.39 is 10.9 Å². The molecule has 1 rings (SSSR count). The summed E-state index contributed by atoms with van der Waals surface area (Å²) in [5, 5.41) is 23.9. The van der Waals surface area contributed by atoms with E-state index in [4.69, 9.17) is 5.11 Å². The number of carboxylic acids is 1. The zero-order chi connectivity index (χ0) is 13.0. The Labute approximate surface area is 102 Å². The summed E-state index contributed by atoms with van der Waals surface area (Å²) in [6.07, 6.45) is 0.443. The summed E-state index contributed by atoms with van der Waals surface area (Å²) in [7, 11) is 1.62. The lowest BCUT2D eigenvalue weighted by Crippen LogP contribution is -1.99. The summed E-state index contributed by atoms with van der Waals surface area (Å²) in [5.41, 5.74) is 0.417. The van der Waals surface area contributed by atoms with Gasteiger partial charge < -0.3 is 5.11 Å². The fraction of sp³-hybridized carbons (Fsp3) is 0.556. The van der Waals surface area contributed by atoms with E-state index in [1.165, 1.54) is 4.68 Å². The van der Waals surface area contributed by atoms with Crippen LogP contribution in [0.1, 0.15) is 19.0 Å². The Morgan fingerprint density at radius 1 is 1.65 bits per heavy atom. The Hall–Kier alpha value is -1.57. The van der Waals surface area contributed by atoms with Crippen LogP contribution < -0.4 is 0 Å². The molecule has 0 amide bonds. The Morgan fingerprint density at radius 3 is 2.76 bits per heavy atom. The minimum atomic E-state index is -0.918. The summed E-state index contributed by atoms with van der Waals surface area (Å²) in [4.78, 5) is 20.9. The zero-order valence-corrected chi connectivity index (χ0v) is 10.4. The van der Waals surface area contributed by atoms with Gasteiger partial charge in [0.15, 0.2) is 5.03 Å². The maximum Gasteiger partial charge on any atom is 0.323 e. The van der Waals surface area contributed by atoms with Crippen LogP contribution in [0, 0.1) is 10.1 Å². The first-order valence-corrected chi connectivity index (χ1v) is 6.00. The first kappa shape index (κ1) is 13.5. The van der Waals surface area contributed by atoms with Crippen LogP contribution >= 0.6 is 11.8 Å². The number of aliphatic carboxylic acids is 1. The number of nitro groups is 1. The number of carboxylic acid groups (broad SMARTS) is 1. The van der Waals surface area contributed by atoms with Gasteiger partial charge in [0.2, 0.25) is 0 Å². The van der Waals surface area contributed by atoms with Crippen molar-refractivity contribution in [1.29, 1.82) is 0 Å². The smallest absolute Gasteiger partial charge is 0.323 e. The van der Waals surface area contributed by atoms with Crippen LogP contribution in [0.2, 0.25) is 0 Å². The largest absolute Gasteiger partial charge is 0.481 e. The number of aromatic nitrogens is 2. The highest BCUT2D eigenvalue weighted by molar-refractivity contribution is 7.99. The molecule has 1 aromatic heterocycles. The lowest BCUT2D eigenvalue weighted by molar-refractivity contribution is -0.388. The predicted octanol–water partition coefficient (Wildman–Crippen LogP) is 1.46. The van der Waals surface area contributed by atoms with Crippen molar-refractivity contribution in [3.8, 4) is 0 Å². The van der Waals surface area contributed by atoms with Crippen molar-refractivity contribution in [3.63, 3.8) is 0 Å². The molecule has 0 spiro atoms. The molecule has 1 N–H and O–H groups in total. The molecule has 0 aliphatic rings. The molecule has 94 valence electrons. The number of hydrogen-bond acceptors (Lipinski definition) is 5. The van der Waals surface area contributed by atoms with E-state index in [1.807, 2.05) is 0 Å². The highest BCUT2D eigenvalue weighted by Gasteiger charge is 2.25. The monoisotopic (exact) mass is 259 g/mol. The van der Waals surface area contributed by atoms with Gasteiger partial charge in [0.25, 0.3) is 0 Å². The average Bonchev–Trinajstić information content (AvgIpc) is 2.55. The molecule has 0 fully saturated rings. The molecule has 0 aliphatic carbocycles. The van der Waals surface area contributed by atoms with E-state index in [1.54, 1.807) is 14.0 Å². The van der Waals surface area contributed by atoms with Gasteiger partial charge >= 0.3 is 11.7 Å². The van der Waals surface area contributed by atoms with Gasteiger partial charge in [-0.05, 0) is 6.42 Å². The van der Waals surface area contributed by atoms with E-state index >= 15 is 0 Å². The topological polar surface area (TPSA) is 98.3 Å². The summed E-state index contributed by atoms with van der Waals surface area (Å²) in [6.45, 7) is 1.79. The van der Waals surface area contributed by atoms with Gasteiger partial charge in [-0.3, -0.25) is 19.6 Å². The fourth-order valence-corrected chi connectivity index (χ4v) is 2.40. The van der Waals surface area contributed by atoms with Gasteiger partial charge in [-0.15, -0.1) is 0 Å². The third-order valence-electron chi connectivity index (χ3n) is 2.11. The molecule has 0 atom stereocenters. The van der Waals surface area contributed by atoms with E-state index in [9.17, 15) is 14.9 Å². The second-order valence-corrected chi connectivity index (χ2v) is 4.41. The summed E-state index contributed by atoms with van der Waals surface area (Å²) >= 11 is 1.14. The Morgan fingerprint density at radius 2 is 2.29 bits per heavy atom. The molecular formula is C9H13N3O4S. The quantitative estimate of drug-likeness (QED) is 0.471. The zero-order valence-electron chi connectivity index (χ0n) is 9.54. The molecule has 0 radical (unpaired) electrons. The lowest BCUT2D eigenvalue weighted by Gasteiger charge is -1.99. The van der Waals surface area contributed by atoms with E-state index in [-0.39, 0.29) is 12.1 Å². The van der Waals surface area contributed by atoms with Crippen molar-refractivity contribution in [2.45, 2.75) is 24.8 Å². The van der Waals surface area contributed by atoms with Gasteiger partial charge in [-0.1, -0.05) is 18.7 Å².